The van der Waals surface area contributed by atoms with E-state index >= 15 is 0 Å². The topological polar surface area (TPSA) is 38.3 Å². The van der Waals surface area contributed by atoms with Crippen molar-refractivity contribution in [1.82, 2.24) is 5.32 Å². The van der Waals surface area contributed by atoms with Crippen LogP contribution >= 0.6 is 15.9 Å². The molecule has 2 rings (SSSR count). The number of nitrogens with one attached hydrogen (secondary N) is 1. The fraction of sp³-hybridized carbons (Fsp3) is 0.300. The molecule has 1 amide bonds. The molecule has 0 radical (unpaired) electrons. The highest BCUT2D eigenvalue weighted by atomic mass is 79.9. The Kier molecular flexibility index (Phi) is 2.72. The van der Waals surface area contributed by atoms with E-state index in [1.807, 2.05) is 24.3 Å². The third-order valence-corrected chi connectivity index (χ3v) is 2.93. The van der Waals surface area contributed by atoms with E-state index in [0.29, 0.717) is 6.61 Å². The lowest BCUT2D eigenvalue weighted by atomic mass is 10.0. The first-order valence-electron chi connectivity index (χ1n) is 4.45. The van der Waals surface area contributed by atoms with Gasteiger partial charge in [0.25, 0.3) is 0 Å². The molecule has 0 aliphatic carbocycles. The SMILES string of the molecule is O=C1N[C@H](c2ccccc2Br)CCO1. The molecule has 1 aromatic carbocycles. The van der Waals surface area contributed by atoms with E-state index in [1.54, 1.807) is 0 Å². The van der Waals surface area contributed by atoms with E-state index in [0.717, 1.165) is 16.5 Å². The van der Waals surface area contributed by atoms with Crippen molar-refractivity contribution in [2.45, 2.75) is 12.5 Å². The quantitative estimate of drug-likeness (QED) is 0.838. The molecule has 1 aromatic rings. The average molecular weight is 256 g/mol. The van der Waals surface area contributed by atoms with Gasteiger partial charge in [0.05, 0.1) is 12.6 Å². The molecule has 0 saturated carbocycles. The van der Waals surface area contributed by atoms with Crippen LogP contribution in [0.4, 0.5) is 4.79 Å². The second-order valence-corrected chi connectivity index (χ2v) is 4.00. The highest BCUT2D eigenvalue weighted by Crippen LogP contribution is 2.26. The summed E-state index contributed by atoms with van der Waals surface area (Å²) in [6, 6.07) is 7.94. The fourth-order valence-corrected chi connectivity index (χ4v) is 2.08. The molecule has 1 fully saturated rings. The maximum Gasteiger partial charge on any atom is 0.407 e. The van der Waals surface area contributed by atoms with Gasteiger partial charge in [-0.1, -0.05) is 34.1 Å². The first-order valence-corrected chi connectivity index (χ1v) is 5.24. The van der Waals surface area contributed by atoms with Gasteiger partial charge in [-0.2, -0.15) is 0 Å². The summed E-state index contributed by atoms with van der Waals surface area (Å²) in [5.41, 5.74) is 1.10. The Balaban J connectivity index is 2.22. The molecule has 4 heteroatoms. The van der Waals surface area contributed by atoms with E-state index in [1.165, 1.54) is 0 Å². The van der Waals surface area contributed by atoms with Crippen molar-refractivity contribution in [1.29, 1.82) is 0 Å². The number of cyclic esters (lactones) is 1. The third-order valence-electron chi connectivity index (χ3n) is 2.21. The highest BCUT2D eigenvalue weighted by Gasteiger charge is 2.21. The molecule has 0 unspecified atom stereocenters. The number of hydrogen-bond acceptors (Lipinski definition) is 2. The van der Waals surface area contributed by atoms with Crippen LogP contribution in [0.3, 0.4) is 0 Å². The van der Waals surface area contributed by atoms with Crippen LogP contribution in [0, 0.1) is 0 Å². The minimum atomic E-state index is -0.336. The summed E-state index contributed by atoms with van der Waals surface area (Å²) in [7, 11) is 0. The smallest absolute Gasteiger partial charge is 0.407 e. The third kappa shape index (κ3) is 1.90. The van der Waals surface area contributed by atoms with Gasteiger partial charge in [-0.05, 0) is 11.6 Å². The Morgan fingerprint density at radius 3 is 2.93 bits per heavy atom. The zero-order valence-corrected chi connectivity index (χ0v) is 9.08. The van der Waals surface area contributed by atoms with Gasteiger partial charge in [0.15, 0.2) is 0 Å². The molecule has 74 valence electrons. The molecular formula is C10H10BrNO2. The van der Waals surface area contributed by atoms with E-state index in [9.17, 15) is 4.79 Å². The van der Waals surface area contributed by atoms with Gasteiger partial charge in [0.2, 0.25) is 0 Å². The van der Waals surface area contributed by atoms with E-state index < -0.39 is 0 Å². The summed E-state index contributed by atoms with van der Waals surface area (Å²) in [4.78, 5) is 11.0. The molecule has 1 saturated heterocycles. The molecule has 1 heterocycles. The summed E-state index contributed by atoms with van der Waals surface area (Å²) < 4.78 is 5.82. The second kappa shape index (κ2) is 4.00. The standard InChI is InChI=1S/C10H10BrNO2/c11-8-4-2-1-3-7(8)9-5-6-14-10(13)12-9/h1-4,9H,5-6H2,(H,12,13)/t9-/m0/s1. The van der Waals surface area contributed by atoms with Crippen molar-refractivity contribution in [3.63, 3.8) is 0 Å². The Labute approximate surface area is 90.6 Å². The molecule has 1 N–H and O–H groups in total. The Bertz CT molecular complexity index is 354. The van der Waals surface area contributed by atoms with E-state index in [-0.39, 0.29) is 12.1 Å². The molecule has 1 atom stereocenters. The van der Waals surface area contributed by atoms with Gasteiger partial charge in [-0.3, -0.25) is 0 Å². The Hall–Kier alpha value is -1.03. The van der Waals surface area contributed by atoms with Crippen LogP contribution in [0.1, 0.15) is 18.0 Å². The number of amides is 1. The van der Waals surface area contributed by atoms with Crippen LogP contribution in [0.2, 0.25) is 0 Å². The first kappa shape index (κ1) is 9.52. The Morgan fingerprint density at radius 2 is 2.21 bits per heavy atom. The van der Waals surface area contributed by atoms with Crippen LogP contribution in [0.15, 0.2) is 28.7 Å². The summed E-state index contributed by atoms with van der Waals surface area (Å²) in [5.74, 6) is 0. The number of carbonyl (C=O) groups is 1. The lowest BCUT2D eigenvalue weighted by Gasteiger charge is -2.24. The number of rotatable bonds is 1. The maximum absolute atomic E-state index is 11.0. The van der Waals surface area contributed by atoms with Crippen molar-refractivity contribution in [2.24, 2.45) is 0 Å². The van der Waals surface area contributed by atoms with E-state index in [2.05, 4.69) is 21.2 Å². The molecule has 0 bridgehead atoms. The zero-order valence-electron chi connectivity index (χ0n) is 7.50. The second-order valence-electron chi connectivity index (χ2n) is 3.14. The summed E-state index contributed by atoms with van der Waals surface area (Å²) in [5, 5.41) is 2.78. The lowest BCUT2D eigenvalue weighted by Crippen LogP contribution is -2.35. The maximum atomic E-state index is 11.0. The minimum absolute atomic E-state index is 0.0619. The summed E-state index contributed by atoms with van der Waals surface area (Å²) in [6.07, 6.45) is 0.478. The highest BCUT2D eigenvalue weighted by molar-refractivity contribution is 9.10. The normalized spacial score (nSPS) is 21.2. The molecule has 1 aliphatic rings. The number of alkyl carbamates (subject to hydrolysis) is 1. The molecule has 1 aliphatic heterocycles. The average Bonchev–Trinajstić information content (AvgIpc) is 2.18. The lowest BCUT2D eigenvalue weighted by molar-refractivity contribution is 0.115. The molecule has 0 spiro atoms. The van der Waals surface area contributed by atoms with Crippen LogP contribution in [-0.4, -0.2) is 12.7 Å². The van der Waals surface area contributed by atoms with Crippen LogP contribution in [0.5, 0.6) is 0 Å². The fourth-order valence-electron chi connectivity index (χ4n) is 1.52. The number of carbonyl (C=O) groups excluding carboxylic acids is 1. The van der Waals surface area contributed by atoms with Gasteiger partial charge in [0, 0.05) is 10.9 Å². The largest absolute Gasteiger partial charge is 0.449 e. The van der Waals surface area contributed by atoms with Crippen molar-refractivity contribution < 1.29 is 9.53 Å². The predicted octanol–water partition coefficient (Wildman–Crippen LogP) is 2.62. The number of benzene rings is 1. The van der Waals surface area contributed by atoms with Crippen molar-refractivity contribution >= 4 is 22.0 Å². The molecule has 14 heavy (non-hydrogen) atoms. The molecule has 0 aromatic heterocycles. The van der Waals surface area contributed by atoms with Gasteiger partial charge in [-0.15, -0.1) is 0 Å². The predicted molar refractivity (Wildman–Crippen MR) is 56.0 cm³/mol. The zero-order chi connectivity index (χ0) is 9.97. The van der Waals surface area contributed by atoms with Gasteiger partial charge in [-0.25, -0.2) is 4.79 Å². The number of ether oxygens (including phenoxy) is 1. The summed E-state index contributed by atoms with van der Waals surface area (Å²) in [6.45, 7) is 0.484. The van der Waals surface area contributed by atoms with Crippen molar-refractivity contribution in [2.75, 3.05) is 6.61 Å². The Morgan fingerprint density at radius 1 is 1.43 bits per heavy atom. The first-order chi connectivity index (χ1) is 6.77. The monoisotopic (exact) mass is 255 g/mol. The van der Waals surface area contributed by atoms with Crippen LogP contribution in [0.25, 0.3) is 0 Å². The number of hydrogen-bond donors (Lipinski definition) is 1. The molecule has 3 nitrogen and oxygen atoms in total. The van der Waals surface area contributed by atoms with Crippen molar-refractivity contribution in [3.8, 4) is 0 Å². The number of halogens is 1. The van der Waals surface area contributed by atoms with Crippen molar-refractivity contribution in [3.05, 3.63) is 34.3 Å². The molecular weight excluding hydrogens is 246 g/mol. The van der Waals surface area contributed by atoms with Gasteiger partial charge < -0.3 is 10.1 Å². The van der Waals surface area contributed by atoms with E-state index in [4.69, 9.17) is 4.74 Å². The summed E-state index contributed by atoms with van der Waals surface area (Å²) >= 11 is 3.46. The van der Waals surface area contributed by atoms with Gasteiger partial charge in [0.1, 0.15) is 0 Å². The van der Waals surface area contributed by atoms with Gasteiger partial charge >= 0.3 is 6.09 Å². The van der Waals surface area contributed by atoms with Crippen LogP contribution in [-0.2, 0) is 4.74 Å². The van der Waals surface area contributed by atoms with Crippen LogP contribution < -0.4 is 5.32 Å². The minimum Gasteiger partial charge on any atom is -0.449 e.